The molecule has 0 spiro atoms. The minimum Gasteiger partial charge on any atom is -0.267 e. The molecular weight excluding hydrogens is 250 g/mol. The summed E-state index contributed by atoms with van der Waals surface area (Å²) >= 11 is 0. The van der Waals surface area contributed by atoms with Crippen molar-refractivity contribution in [2.45, 2.75) is 26.7 Å². The van der Waals surface area contributed by atoms with Crippen LogP contribution in [0.25, 0.3) is 0 Å². The number of amides is 1. The van der Waals surface area contributed by atoms with E-state index < -0.39 is 0 Å². The molecule has 3 aliphatic rings. The second-order valence-corrected chi connectivity index (χ2v) is 6.18. The molecule has 1 amide bonds. The highest BCUT2D eigenvalue weighted by molar-refractivity contribution is 5.94. The first-order valence-electron chi connectivity index (χ1n) is 7.02. The fourth-order valence-corrected chi connectivity index (χ4v) is 3.28. The second-order valence-electron chi connectivity index (χ2n) is 6.18. The van der Waals surface area contributed by atoms with Gasteiger partial charge in [-0.2, -0.15) is 5.10 Å². The number of nitrogens with zero attached hydrogens (tertiary/aromatic N) is 2. The Morgan fingerprint density at radius 1 is 1.45 bits per heavy atom. The zero-order valence-corrected chi connectivity index (χ0v) is 11.8. The number of pyridine rings is 1. The number of nitrogens with one attached hydrogen (secondary N) is 1. The number of aromatic nitrogens is 1. The van der Waals surface area contributed by atoms with Gasteiger partial charge >= 0.3 is 0 Å². The Kier molecular flexibility index (Phi) is 3.16. The molecule has 1 aromatic rings. The van der Waals surface area contributed by atoms with Crippen LogP contribution in [0.15, 0.2) is 41.3 Å². The minimum absolute atomic E-state index is 0.203. The summed E-state index contributed by atoms with van der Waals surface area (Å²) in [5, 5.41) is 4.10. The molecule has 1 fully saturated rings. The van der Waals surface area contributed by atoms with Crippen LogP contribution in [0.1, 0.15) is 37.0 Å². The van der Waals surface area contributed by atoms with Crippen molar-refractivity contribution in [2.24, 2.45) is 22.4 Å². The van der Waals surface area contributed by atoms with Crippen LogP contribution in [-0.4, -0.2) is 17.1 Å². The fourth-order valence-electron chi connectivity index (χ4n) is 3.28. The van der Waals surface area contributed by atoms with Gasteiger partial charge in [-0.15, -0.1) is 0 Å². The molecule has 1 saturated carbocycles. The van der Waals surface area contributed by atoms with Crippen molar-refractivity contribution >= 4 is 12.1 Å². The zero-order valence-electron chi connectivity index (χ0n) is 11.8. The summed E-state index contributed by atoms with van der Waals surface area (Å²) in [6.45, 7) is 4.64. The molecule has 0 aromatic carbocycles. The van der Waals surface area contributed by atoms with Crippen molar-refractivity contribution in [3.05, 3.63) is 41.7 Å². The molecule has 3 aliphatic carbocycles. The van der Waals surface area contributed by atoms with Crippen LogP contribution < -0.4 is 5.43 Å². The lowest BCUT2D eigenvalue weighted by molar-refractivity contribution is -0.00126. The normalized spacial score (nSPS) is 26.8. The van der Waals surface area contributed by atoms with E-state index in [0.29, 0.717) is 16.9 Å². The van der Waals surface area contributed by atoms with Crippen molar-refractivity contribution in [1.82, 2.24) is 10.4 Å². The predicted octanol–water partition coefficient (Wildman–Crippen LogP) is 2.79. The third-order valence-electron chi connectivity index (χ3n) is 4.83. The number of allylic oxidation sites excluding steroid dienone is 2. The number of hydrogen-bond acceptors (Lipinski definition) is 3. The number of hydrazone groups is 1. The first-order valence-corrected chi connectivity index (χ1v) is 7.02. The van der Waals surface area contributed by atoms with Gasteiger partial charge in [0.25, 0.3) is 5.91 Å². The van der Waals surface area contributed by atoms with E-state index in [1.165, 1.54) is 12.0 Å². The van der Waals surface area contributed by atoms with Gasteiger partial charge in [-0.25, -0.2) is 5.43 Å². The van der Waals surface area contributed by atoms with Gasteiger partial charge in [-0.3, -0.25) is 9.78 Å². The predicted molar refractivity (Wildman–Crippen MR) is 78.3 cm³/mol. The fraction of sp³-hybridized carbons (Fsp3) is 0.438. The summed E-state index contributed by atoms with van der Waals surface area (Å²) in [4.78, 5) is 15.7. The molecule has 0 radical (unpaired) electrons. The van der Waals surface area contributed by atoms with E-state index in [1.54, 1.807) is 30.7 Å². The number of hydrogen-bond donors (Lipinski definition) is 1. The lowest BCUT2D eigenvalue weighted by Gasteiger charge is -2.55. The topological polar surface area (TPSA) is 54.4 Å². The molecular formula is C16H19N3O. The van der Waals surface area contributed by atoms with Crippen LogP contribution in [0.2, 0.25) is 0 Å². The second kappa shape index (κ2) is 4.85. The first-order chi connectivity index (χ1) is 9.59. The van der Waals surface area contributed by atoms with Crippen molar-refractivity contribution < 1.29 is 4.79 Å². The largest absolute Gasteiger partial charge is 0.271 e. The molecule has 1 N–H and O–H groups in total. The molecule has 0 aliphatic heterocycles. The Hall–Kier alpha value is -1.97. The number of carbonyl (C=O) groups is 1. The van der Waals surface area contributed by atoms with Crippen LogP contribution in [0, 0.1) is 17.3 Å². The summed E-state index contributed by atoms with van der Waals surface area (Å²) in [5.41, 5.74) is 4.78. The molecule has 1 heterocycles. The van der Waals surface area contributed by atoms with Gasteiger partial charge in [0.1, 0.15) is 0 Å². The molecule has 0 saturated heterocycles. The number of rotatable bonds is 3. The molecule has 4 nitrogen and oxygen atoms in total. The molecule has 2 atom stereocenters. The number of carbonyl (C=O) groups excluding carboxylic acids is 1. The van der Waals surface area contributed by atoms with Gasteiger partial charge in [0.15, 0.2) is 0 Å². The molecule has 104 valence electrons. The summed E-state index contributed by atoms with van der Waals surface area (Å²) in [6.07, 6.45) is 9.64. The summed E-state index contributed by atoms with van der Waals surface area (Å²) in [7, 11) is 0. The minimum atomic E-state index is -0.203. The van der Waals surface area contributed by atoms with Crippen molar-refractivity contribution in [2.75, 3.05) is 0 Å². The van der Waals surface area contributed by atoms with Crippen LogP contribution in [0.5, 0.6) is 0 Å². The van der Waals surface area contributed by atoms with E-state index in [1.807, 2.05) is 0 Å². The number of fused-ring (bicyclic) bond motifs is 1. The van der Waals surface area contributed by atoms with Gasteiger partial charge in [0, 0.05) is 18.0 Å². The highest BCUT2D eigenvalue weighted by Crippen LogP contribution is 2.58. The molecule has 4 heteroatoms. The maximum Gasteiger partial charge on any atom is 0.271 e. The average Bonchev–Trinajstić information content (AvgIpc) is 2.48. The van der Waals surface area contributed by atoms with E-state index in [9.17, 15) is 4.79 Å². The Bertz CT molecular complexity index is 575. The van der Waals surface area contributed by atoms with E-state index in [0.717, 1.165) is 12.3 Å². The third kappa shape index (κ3) is 2.15. The van der Waals surface area contributed by atoms with E-state index in [2.05, 4.69) is 35.4 Å². The van der Waals surface area contributed by atoms with Gasteiger partial charge < -0.3 is 0 Å². The summed E-state index contributed by atoms with van der Waals surface area (Å²) in [5.74, 6) is 1.20. The lowest BCUT2D eigenvalue weighted by Crippen LogP contribution is -2.48. The standard InChI is InChI=1S/C16H19N3O/c1-16(2)13-4-3-12(14(16)9-13)10-18-19-15(20)11-5-7-17-8-6-11/h3,5-8,10,13-14H,4,9H2,1-2H3,(H,19,20)/b18-10-/t13-,14+/m1/s1. The van der Waals surface area contributed by atoms with E-state index in [4.69, 9.17) is 0 Å². The maximum absolute atomic E-state index is 11.8. The van der Waals surface area contributed by atoms with Gasteiger partial charge in [-0.05, 0) is 47.8 Å². The van der Waals surface area contributed by atoms with E-state index >= 15 is 0 Å². The van der Waals surface area contributed by atoms with Gasteiger partial charge in [-0.1, -0.05) is 19.9 Å². The first kappa shape index (κ1) is 13.0. The average molecular weight is 269 g/mol. The Morgan fingerprint density at radius 2 is 2.20 bits per heavy atom. The van der Waals surface area contributed by atoms with Crippen LogP contribution >= 0.6 is 0 Å². The molecule has 1 aromatic heterocycles. The van der Waals surface area contributed by atoms with Gasteiger partial charge in [0.05, 0.1) is 6.21 Å². The Balaban J connectivity index is 1.62. The molecule has 4 rings (SSSR count). The van der Waals surface area contributed by atoms with Crippen LogP contribution in [0.4, 0.5) is 0 Å². The van der Waals surface area contributed by atoms with Crippen LogP contribution in [-0.2, 0) is 0 Å². The highest BCUT2D eigenvalue weighted by Gasteiger charge is 2.50. The molecule has 0 unspecified atom stereocenters. The van der Waals surface area contributed by atoms with Crippen molar-refractivity contribution in [1.29, 1.82) is 0 Å². The lowest BCUT2D eigenvalue weighted by atomic mass is 9.49. The summed E-state index contributed by atoms with van der Waals surface area (Å²) < 4.78 is 0. The summed E-state index contributed by atoms with van der Waals surface area (Å²) in [6, 6.07) is 3.34. The smallest absolute Gasteiger partial charge is 0.267 e. The Morgan fingerprint density at radius 3 is 2.85 bits per heavy atom. The monoisotopic (exact) mass is 269 g/mol. The van der Waals surface area contributed by atoms with Crippen molar-refractivity contribution in [3.8, 4) is 0 Å². The SMILES string of the molecule is CC1(C)[C@@H]2CC=C(/C=N\NC(=O)c3ccncc3)[C@@H]1C2. The quantitative estimate of drug-likeness (QED) is 0.677. The van der Waals surface area contributed by atoms with Crippen molar-refractivity contribution in [3.63, 3.8) is 0 Å². The highest BCUT2D eigenvalue weighted by atomic mass is 16.2. The Labute approximate surface area is 119 Å². The third-order valence-corrected chi connectivity index (χ3v) is 4.83. The van der Waals surface area contributed by atoms with E-state index in [-0.39, 0.29) is 5.91 Å². The van der Waals surface area contributed by atoms with Gasteiger partial charge in [0.2, 0.25) is 0 Å². The zero-order chi connectivity index (χ0) is 14.2. The van der Waals surface area contributed by atoms with Crippen LogP contribution in [0.3, 0.4) is 0 Å². The molecule has 2 bridgehead atoms. The maximum atomic E-state index is 11.8. The molecule has 20 heavy (non-hydrogen) atoms.